The molecule has 0 spiro atoms. The van der Waals surface area contributed by atoms with Gasteiger partial charge in [0.15, 0.2) is 5.82 Å². The first-order chi connectivity index (χ1) is 14.2. The minimum Gasteiger partial charge on any atom is -0.382 e. The van der Waals surface area contributed by atoms with E-state index in [1.165, 1.54) is 16.0 Å². The Morgan fingerprint density at radius 2 is 1.45 bits per heavy atom. The smallest absolute Gasteiger partial charge is 0.382 e. The molecule has 0 amide bonds. The molecule has 7 nitrogen and oxygen atoms in total. The van der Waals surface area contributed by atoms with Crippen molar-refractivity contribution in [3.05, 3.63) is 82.6 Å². The third kappa shape index (κ3) is 4.02. The number of hydrogen-bond acceptors (Lipinski definition) is 5. The Bertz CT molecular complexity index is 1160. The van der Waals surface area contributed by atoms with Crippen LogP contribution in [0.5, 0.6) is 0 Å². The minimum absolute atomic E-state index is 0.108. The number of nitrogen functional groups attached to an aromatic ring is 1. The van der Waals surface area contributed by atoms with Crippen molar-refractivity contribution < 1.29 is 4.57 Å². The van der Waals surface area contributed by atoms with Crippen LogP contribution < -0.4 is 15.9 Å². The molecule has 2 heterocycles. The van der Waals surface area contributed by atoms with E-state index < -0.39 is 0 Å². The summed E-state index contributed by atoms with van der Waals surface area (Å²) in [5.74, 6) is 0.234. The molecular formula is C21H23N6OS+. The van der Waals surface area contributed by atoms with Crippen LogP contribution in [0.25, 0.3) is 11.4 Å². The van der Waals surface area contributed by atoms with Crippen LogP contribution in [-0.2, 0) is 7.05 Å². The fourth-order valence-corrected chi connectivity index (χ4v) is 3.43. The molecule has 2 aromatic heterocycles. The van der Waals surface area contributed by atoms with Crippen LogP contribution in [0.1, 0.15) is 13.8 Å². The zero-order chi connectivity index (χ0) is 20.8. The normalized spacial score (nSPS) is 10.7. The van der Waals surface area contributed by atoms with E-state index in [2.05, 4.69) is 10.2 Å². The molecule has 2 N–H and O–H groups in total. The molecule has 148 valence electrons. The van der Waals surface area contributed by atoms with E-state index in [0.29, 0.717) is 10.8 Å². The Labute approximate surface area is 173 Å². The number of thiazole rings is 1. The van der Waals surface area contributed by atoms with Crippen molar-refractivity contribution in [1.82, 2.24) is 9.36 Å². The highest BCUT2D eigenvalue weighted by atomic mass is 32.1. The van der Waals surface area contributed by atoms with Crippen molar-refractivity contribution >= 4 is 28.0 Å². The number of aryl methyl sites for hydroxylation is 1. The summed E-state index contributed by atoms with van der Waals surface area (Å²) in [5.41, 5.74) is 7.57. The van der Waals surface area contributed by atoms with E-state index in [9.17, 15) is 4.79 Å². The van der Waals surface area contributed by atoms with E-state index in [-0.39, 0.29) is 17.1 Å². The van der Waals surface area contributed by atoms with Crippen LogP contribution in [0.15, 0.2) is 87.3 Å². The molecule has 0 unspecified atom stereocenters. The SMILES string of the molecule is CC.C[n+]1ccsc1N=Nc1c(N)n(-c2ccccc2)n(-c2ccccc2)c1=O. The van der Waals surface area contributed by atoms with Crippen LogP contribution >= 0.6 is 11.3 Å². The van der Waals surface area contributed by atoms with Gasteiger partial charge in [0.2, 0.25) is 5.69 Å². The van der Waals surface area contributed by atoms with E-state index >= 15 is 0 Å². The highest BCUT2D eigenvalue weighted by Crippen LogP contribution is 2.26. The van der Waals surface area contributed by atoms with Crippen LogP contribution in [0.2, 0.25) is 0 Å². The highest BCUT2D eigenvalue weighted by molar-refractivity contribution is 7.12. The number of azo groups is 1. The lowest BCUT2D eigenvalue weighted by Gasteiger charge is -2.12. The Morgan fingerprint density at radius 1 is 0.897 bits per heavy atom. The van der Waals surface area contributed by atoms with Gasteiger partial charge in [-0.05, 0) is 40.7 Å². The van der Waals surface area contributed by atoms with E-state index in [1.807, 2.05) is 97.7 Å². The van der Waals surface area contributed by atoms with Gasteiger partial charge < -0.3 is 5.73 Å². The van der Waals surface area contributed by atoms with Gasteiger partial charge in [0.1, 0.15) is 6.20 Å². The molecule has 0 aliphatic rings. The fourth-order valence-electron chi connectivity index (χ4n) is 2.74. The largest absolute Gasteiger partial charge is 0.408 e. The minimum atomic E-state index is -0.328. The monoisotopic (exact) mass is 407 g/mol. The van der Waals surface area contributed by atoms with Gasteiger partial charge in [-0.1, -0.05) is 50.2 Å². The third-order valence-corrected chi connectivity index (χ3v) is 4.90. The third-order valence-electron chi connectivity index (χ3n) is 4.06. The molecule has 29 heavy (non-hydrogen) atoms. The molecule has 4 rings (SSSR count). The van der Waals surface area contributed by atoms with Gasteiger partial charge in [-0.15, -0.1) is 0 Å². The van der Waals surface area contributed by atoms with Crippen molar-refractivity contribution in [3.8, 4) is 11.4 Å². The van der Waals surface area contributed by atoms with Crippen molar-refractivity contribution in [2.45, 2.75) is 13.8 Å². The van der Waals surface area contributed by atoms with Gasteiger partial charge in [0.05, 0.1) is 23.5 Å². The number of rotatable bonds is 4. The Morgan fingerprint density at radius 3 is 1.97 bits per heavy atom. The maximum atomic E-state index is 13.1. The predicted octanol–water partition coefficient (Wildman–Crippen LogP) is 4.54. The number of aromatic nitrogens is 3. The number of para-hydroxylation sites is 2. The number of benzene rings is 2. The molecule has 0 aliphatic heterocycles. The molecule has 0 bridgehead atoms. The topological polar surface area (TPSA) is 81.5 Å². The number of nitrogens with two attached hydrogens (primary N) is 1. The predicted molar refractivity (Wildman–Crippen MR) is 117 cm³/mol. The Hall–Kier alpha value is -3.52. The molecule has 0 atom stereocenters. The maximum absolute atomic E-state index is 13.1. The van der Waals surface area contributed by atoms with Crippen molar-refractivity contribution in [2.24, 2.45) is 17.3 Å². The molecule has 0 saturated carbocycles. The fraction of sp³-hybridized carbons (Fsp3) is 0.143. The first-order valence-electron chi connectivity index (χ1n) is 9.26. The van der Waals surface area contributed by atoms with Crippen molar-refractivity contribution in [1.29, 1.82) is 0 Å². The molecule has 0 saturated heterocycles. The summed E-state index contributed by atoms with van der Waals surface area (Å²) in [4.78, 5) is 13.1. The molecule has 2 aromatic carbocycles. The summed E-state index contributed by atoms with van der Waals surface area (Å²) in [5, 5.41) is 10.9. The second-order valence-corrected chi connectivity index (χ2v) is 6.70. The van der Waals surface area contributed by atoms with Gasteiger partial charge in [-0.25, -0.2) is 13.9 Å². The summed E-state index contributed by atoms with van der Waals surface area (Å²) < 4.78 is 4.99. The summed E-state index contributed by atoms with van der Waals surface area (Å²) in [6.45, 7) is 4.00. The quantitative estimate of drug-likeness (QED) is 0.398. The lowest BCUT2D eigenvalue weighted by atomic mass is 10.3. The van der Waals surface area contributed by atoms with Crippen molar-refractivity contribution in [3.63, 3.8) is 0 Å². The molecular weight excluding hydrogens is 384 g/mol. The molecule has 0 aliphatic carbocycles. The summed E-state index contributed by atoms with van der Waals surface area (Å²) in [7, 11) is 1.87. The van der Waals surface area contributed by atoms with E-state index in [0.717, 1.165) is 5.69 Å². The molecule has 0 fully saturated rings. The Balaban J connectivity index is 0.00000117. The number of nitrogens with zero attached hydrogens (tertiary/aromatic N) is 5. The first-order valence-corrected chi connectivity index (χ1v) is 10.1. The first kappa shape index (κ1) is 20.2. The average molecular weight is 408 g/mol. The van der Waals surface area contributed by atoms with Gasteiger partial charge in [-0.3, -0.25) is 4.79 Å². The van der Waals surface area contributed by atoms with Crippen LogP contribution in [0.4, 0.5) is 16.6 Å². The van der Waals surface area contributed by atoms with Crippen molar-refractivity contribution in [2.75, 3.05) is 5.73 Å². The van der Waals surface area contributed by atoms with Gasteiger partial charge in [-0.2, -0.15) is 0 Å². The van der Waals surface area contributed by atoms with E-state index in [1.54, 1.807) is 4.68 Å². The molecule has 8 heteroatoms. The lowest BCUT2D eigenvalue weighted by molar-refractivity contribution is -0.654. The Kier molecular flexibility index (Phi) is 6.36. The maximum Gasteiger partial charge on any atom is 0.408 e. The van der Waals surface area contributed by atoms with Crippen LogP contribution in [-0.4, -0.2) is 9.36 Å². The molecule has 0 radical (unpaired) electrons. The second-order valence-electron chi connectivity index (χ2n) is 5.83. The second kappa shape index (κ2) is 9.11. The average Bonchev–Trinajstić information content (AvgIpc) is 3.29. The number of anilines is 1. The highest BCUT2D eigenvalue weighted by Gasteiger charge is 2.22. The zero-order valence-corrected chi connectivity index (χ0v) is 17.4. The van der Waals surface area contributed by atoms with Gasteiger partial charge in [0, 0.05) is 5.38 Å². The zero-order valence-electron chi connectivity index (χ0n) is 16.6. The van der Waals surface area contributed by atoms with Gasteiger partial charge in [0.25, 0.3) is 0 Å². The summed E-state index contributed by atoms with van der Waals surface area (Å²) in [6, 6.07) is 18.8. The number of hydrogen-bond donors (Lipinski definition) is 1. The standard InChI is InChI=1S/C19H16N6OS.C2H6/c1-23-12-13-27-19(23)22-21-16-17(20)24(14-8-4-2-5-9-14)25(18(16)26)15-10-6-3-7-11-15;1-2/h2-13,20H,1H3;1-2H3/p+1. The summed E-state index contributed by atoms with van der Waals surface area (Å²) >= 11 is 1.43. The lowest BCUT2D eigenvalue weighted by Crippen LogP contribution is -2.23. The summed E-state index contributed by atoms with van der Waals surface area (Å²) in [6.07, 6.45) is 1.87. The molecule has 4 aromatic rings. The van der Waals surface area contributed by atoms with Crippen LogP contribution in [0.3, 0.4) is 0 Å². The van der Waals surface area contributed by atoms with Crippen LogP contribution in [0, 0.1) is 0 Å². The van der Waals surface area contributed by atoms with Gasteiger partial charge >= 0.3 is 10.7 Å². The van der Waals surface area contributed by atoms with E-state index in [4.69, 9.17) is 5.73 Å².